The number of imidazole rings is 1. The number of aromatic nitrogens is 4. The fraction of sp³-hybridized carbons (Fsp3) is 0.278. The Bertz CT molecular complexity index is 1060. The number of rotatable bonds is 3. The van der Waals surface area contributed by atoms with Gasteiger partial charge in [0, 0.05) is 18.7 Å². The lowest BCUT2D eigenvalue weighted by molar-refractivity contribution is 0.365. The second-order valence-corrected chi connectivity index (χ2v) is 6.27. The van der Waals surface area contributed by atoms with Crippen LogP contribution in [-0.2, 0) is 0 Å². The van der Waals surface area contributed by atoms with Gasteiger partial charge in [0.25, 0.3) is 6.19 Å². The fourth-order valence-corrected chi connectivity index (χ4v) is 3.05. The van der Waals surface area contributed by atoms with Crippen molar-refractivity contribution in [3.63, 3.8) is 0 Å². The molecule has 0 spiro atoms. The average Bonchev–Trinajstić information content (AvgIpc) is 3.21. The molecule has 1 aliphatic rings. The van der Waals surface area contributed by atoms with Gasteiger partial charge in [0.1, 0.15) is 17.0 Å². The smallest absolute Gasteiger partial charge is 0.431 e. The third-order valence-corrected chi connectivity index (χ3v) is 4.51. The van der Waals surface area contributed by atoms with Gasteiger partial charge in [-0.25, -0.2) is 9.97 Å². The maximum Gasteiger partial charge on any atom is 0.431 e. The number of hydrogen-bond donors (Lipinski definition) is 3. The summed E-state index contributed by atoms with van der Waals surface area (Å²) in [6.07, 6.45) is 4.40. The van der Waals surface area contributed by atoms with Crippen LogP contribution in [0.1, 0.15) is 0 Å². The lowest BCUT2D eigenvalue weighted by atomic mass is 10.1. The number of hydrogen-bond acceptors (Lipinski definition) is 7. The van der Waals surface area contributed by atoms with Crippen LogP contribution in [0.2, 0.25) is 0 Å². The van der Waals surface area contributed by atoms with E-state index in [2.05, 4.69) is 30.9 Å². The predicted octanol–water partition coefficient (Wildman–Crippen LogP) is 1.33. The highest BCUT2D eigenvalue weighted by Crippen LogP contribution is 2.28. The number of benzene rings is 1. The third-order valence-electron chi connectivity index (χ3n) is 4.51. The summed E-state index contributed by atoms with van der Waals surface area (Å²) < 4.78 is 5.24. The van der Waals surface area contributed by atoms with Gasteiger partial charge >= 0.3 is 5.96 Å². The fourth-order valence-electron chi connectivity index (χ4n) is 3.05. The molecule has 10 nitrogen and oxygen atoms in total. The molecule has 0 bridgehead atoms. The first kappa shape index (κ1) is 17.5. The minimum atomic E-state index is -0.251. The van der Waals surface area contributed by atoms with Crippen molar-refractivity contribution in [1.29, 1.82) is 5.41 Å². The maximum absolute atomic E-state index is 7.15. The highest BCUT2D eigenvalue weighted by molar-refractivity contribution is 5.88. The molecule has 3 aromatic rings. The largest absolute Gasteiger partial charge is 0.497 e. The third kappa shape index (κ3) is 3.50. The van der Waals surface area contributed by atoms with E-state index in [0.29, 0.717) is 37.8 Å². The number of anilines is 1. The summed E-state index contributed by atoms with van der Waals surface area (Å²) >= 11 is 0. The van der Waals surface area contributed by atoms with Gasteiger partial charge in [-0.15, -0.1) is 5.41 Å². The molecule has 0 radical (unpaired) electrons. The van der Waals surface area contributed by atoms with E-state index < -0.39 is 0 Å². The Balaban J connectivity index is 1.62. The Morgan fingerprint density at radius 3 is 2.64 bits per heavy atom. The van der Waals surface area contributed by atoms with Gasteiger partial charge in [-0.3, -0.25) is 10.6 Å². The highest BCUT2D eigenvalue weighted by atomic mass is 16.5. The van der Waals surface area contributed by atoms with E-state index in [1.807, 2.05) is 29.2 Å². The van der Waals surface area contributed by atoms with Crippen LogP contribution in [-0.4, -0.2) is 64.1 Å². The number of fused-ring (bicyclic) bond motifs is 1. The van der Waals surface area contributed by atoms with Crippen LogP contribution in [0, 0.1) is 11.6 Å². The van der Waals surface area contributed by atoms with Crippen molar-refractivity contribution in [3.8, 4) is 23.2 Å². The minimum absolute atomic E-state index is 0.251. The normalized spacial score (nSPS) is 13.9. The molecule has 0 atom stereocenters. The molecule has 4 N–H and O–H groups in total. The summed E-state index contributed by atoms with van der Waals surface area (Å²) in [7, 11) is 1.64. The number of piperazine rings is 1. The molecule has 1 saturated heterocycles. The Morgan fingerprint density at radius 1 is 1.21 bits per heavy atom. The second-order valence-electron chi connectivity index (χ2n) is 6.27. The van der Waals surface area contributed by atoms with Crippen LogP contribution < -0.4 is 15.4 Å². The van der Waals surface area contributed by atoms with Crippen LogP contribution in [0.3, 0.4) is 0 Å². The van der Waals surface area contributed by atoms with Crippen LogP contribution in [0.5, 0.6) is 5.75 Å². The zero-order valence-electron chi connectivity index (χ0n) is 15.4. The second kappa shape index (κ2) is 7.40. The Morgan fingerprint density at radius 2 is 1.96 bits per heavy atom. The molecule has 2 aromatic heterocycles. The van der Waals surface area contributed by atoms with E-state index in [-0.39, 0.29) is 5.96 Å². The van der Waals surface area contributed by atoms with E-state index in [4.69, 9.17) is 20.9 Å². The first-order chi connectivity index (χ1) is 13.6. The van der Waals surface area contributed by atoms with E-state index in [1.54, 1.807) is 13.4 Å². The summed E-state index contributed by atoms with van der Waals surface area (Å²) in [5.74, 6) is 1.17. The number of nitrogens with one attached hydrogen (secondary N) is 2. The lowest BCUT2D eigenvalue weighted by Gasteiger charge is -2.29. The zero-order valence-corrected chi connectivity index (χ0v) is 15.4. The minimum Gasteiger partial charge on any atom is -0.497 e. The standard InChI is InChI=1S/C18H20N9O/c1-28-13-4-2-12(3-5-13)14-15-16(22-10-21-15)25-18(24-14)27-8-6-26(7-9-27)11-23-17(19)20/h2-5,10H,6-9H2,1H3,(H3,19,20)(H,21,22,24,25)/q+1. The topological polar surface area (TPSA) is 124 Å². The van der Waals surface area contributed by atoms with E-state index in [1.165, 1.54) is 0 Å². The number of aromatic amines is 1. The molecule has 0 saturated carbocycles. The predicted molar refractivity (Wildman–Crippen MR) is 107 cm³/mol. The summed E-state index contributed by atoms with van der Waals surface area (Å²) in [6, 6.07) is 7.75. The first-order valence-electron chi connectivity index (χ1n) is 8.80. The number of ether oxygens (including phenoxy) is 1. The molecule has 10 heteroatoms. The van der Waals surface area contributed by atoms with Crippen molar-refractivity contribution in [1.82, 2.24) is 24.8 Å². The van der Waals surface area contributed by atoms with Gasteiger partial charge in [0.05, 0.1) is 26.5 Å². The van der Waals surface area contributed by atoms with Crippen molar-refractivity contribution >= 4 is 23.1 Å². The molecule has 3 heterocycles. The molecule has 0 aliphatic carbocycles. The number of guanidine groups is 1. The summed E-state index contributed by atoms with van der Waals surface area (Å²) in [4.78, 5) is 24.6. The highest BCUT2D eigenvalue weighted by Gasteiger charge is 2.22. The maximum atomic E-state index is 7.15. The van der Waals surface area contributed by atoms with Gasteiger partial charge in [0.15, 0.2) is 5.65 Å². The summed E-state index contributed by atoms with van der Waals surface area (Å²) in [5.41, 5.74) is 8.42. The SMILES string of the molecule is COc1ccc(-c2nc(N3CCN(C#[N+]C(=N)N)CC3)nc3nc[nH]c23)cc1. The first-order valence-corrected chi connectivity index (χ1v) is 8.80. The van der Waals surface area contributed by atoms with Crippen molar-refractivity contribution in [2.75, 3.05) is 38.2 Å². The van der Waals surface area contributed by atoms with Crippen LogP contribution >= 0.6 is 0 Å². The molecule has 0 unspecified atom stereocenters. The zero-order chi connectivity index (χ0) is 19.5. The van der Waals surface area contributed by atoms with Crippen molar-refractivity contribution in [2.45, 2.75) is 0 Å². The number of H-pyrrole nitrogens is 1. The van der Waals surface area contributed by atoms with Gasteiger partial charge in [-0.05, 0) is 24.3 Å². The van der Waals surface area contributed by atoms with Gasteiger partial charge < -0.3 is 14.6 Å². The van der Waals surface area contributed by atoms with E-state index >= 15 is 0 Å². The van der Waals surface area contributed by atoms with E-state index in [0.717, 1.165) is 22.5 Å². The number of nitrogens with two attached hydrogens (primary N) is 1. The Kier molecular flexibility index (Phi) is 4.63. The van der Waals surface area contributed by atoms with Crippen LogP contribution in [0.15, 0.2) is 30.6 Å². The van der Waals surface area contributed by atoms with Crippen LogP contribution in [0.25, 0.3) is 27.3 Å². The average molecular weight is 378 g/mol. The van der Waals surface area contributed by atoms with Crippen LogP contribution in [0.4, 0.5) is 5.95 Å². The molecule has 1 aliphatic heterocycles. The molecular weight excluding hydrogens is 358 g/mol. The molecule has 4 rings (SSSR count). The Hall–Kier alpha value is -3.87. The van der Waals surface area contributed by atoms with Gasteiger partial charge in [-0.2, -0.15) is 9.83 Å². The molecular formula is C18H20N9O+. The van der Waals surface area contributed by atoms with Crippen molar-refractivity contribution in [3.05, 3.63) is 35.4 Å². The van der Waals surface area contributed by atoms with Crippen molar-refractivity contribution in [2.24, 2.45) is 5.73 Å². The van der Waals surface area contributed by atoms with Crippen molar-refractivity contribution < 1.29 is 4.74 Å². The summed E-state index contributed by atoms with van der Waals surface area (Å²) in [5, 5.41) is 7.15. The van der Waals surface area contributed by atoms with E-state index in [9.17, 15) is 0 Å². The molecule has 0 amide bonds. The van der Waals surface area contributed by atoms with Gasteiger partial charge in [0.2, 0.25) is 5.95 Å². The molecule has 1 fully saturated rings. The Labute approximate surface area is 161 Å². The van der Waals surface area contributed by atoms with Gasteiger partial charge in [-0.1, -0.05) is 0 Å². The molecule has 28 heavy (non-hydrogen) atoms. The molecule has 1 aromatic carbocycles. The summed E-state index contributed by atoms with van der Waals surface area (Å²) in [6.45, 7) is 2.80. The molecule has 142 valence electrons. The monoisotopic (exact) mass is 378 g/mol. The lowest BCUT2D eigenvalue weighted by Crippen LogP contribution is -2.45. The number of nitrogens with zero attached hydrogens (tertiary/aromatic N) is 6. The number of methoxy groups -OCH3 is 1. The quantitative estimate of drug-likeness (QED) is 0.357.